The van der Waals surface area contributed by atoms with Crippen LogP contribution in [-0.4, -0.2) is 72.4 Å². The van der Waals surface area contributed by atoms with Crippen LogP contribution < -0.4 is 0 Å². The van der Waals surface area contributed by atoms with Gasteiger partial charge in [-0.1, -0.05) is 11.0 Å². The number of aliphatic hydroxyl groups excluding tert-OH is 3. The lowest BCUT2D eigenvalue weighted by Gasteiger charge is -2.40. The summed E-state index contributed by atoms with van der Waals surface area (Å²) in [7, 11) is 0. The molecular weight excluding hydrogens is 282 g/mol. The summed E-state index contributed by atoms with van der Waals surface area (Å²) in [6.07, 6.45) is -0.600. The molecule has 1 rings (SSSR count). The lowest BCUT2D eigenvalue weighted by molar-refractivity contribution is -0.302. The molecule has 5 atom stereocenters. The molecule has 0 saturated carbocycles. The van der Waals surface area contributed by atoms with Crippen molar-refractivity contribution in [2.45, 2.75) is 37.1 Å². The number of aliphatic hydroxyl groups is 3. The van der Waals surface area contributed by atoms with Crippen LogP contribution >= 0.6 is 0 Å². The molecule has 1 saturated heterocycles. The standard InChI is InChI=1S/C12H19N3O6/c1-2-5-19-7-8-9(16)10(17)11(18)12(21-8)20-6-3-4-14-15-13/h1,8-12,16-18H,3-7H2/t8?,9-,10?,11?,12-/m1/s1. The zero-order valence-corrected chi connectivity index (χ0v) is 11.4. The SMILES string of the molecule is C#CCOCC1O[C@@H](OCCCN=[N+]=[N-])C(O)C(O)[C@@H]1O. The molecule has 1 aliphatic rings. The molecular formula is C12H19N3O6. The molecule has 9 nitrogen and oxygen atoms in total. The van der Waals surface area contributed by atoms with E-state index in [0.29, 0.717) is 6.42 Å². The van der Waals surface area contributed by atoms with Crippen molar-refractivity contribution >= 4 is 0 Å². The van der Waals surface area contributed by atoms with Gasteiger partial charge >= 0.3 is 0 Å². The van der Waals surface area contributed by atoms with Crippen LogP contribution in [-0.2, 0) is 14.2 Å². The summed E-state index contributed by atoms with van der Waals surface area (Å²) < 4.78 is 15.7. The first-order chi connectivity index (χ1) is 10.1. The molecule has 0 aromatic heterocycles. The minimum atomic E-state index is -1.42. The lowest BCUT2D eigenvalue weighted by atomic mass is 9.99. The first kappa shape index (κ1) is 17.7. The second-order valence-corrected chi connectivity index (χ2v) is 4.41. The van der Waals surface area contributed by atoms with Gasteiger partial charge in [0, 0.05) is 18.1 Å². The van der Waals surface area contributed by atoms with Crippen LogP contribution in [0.1, 0.15) is 6.42 Å². The first-order valence-corrected chi connectivity index (χ1v) is 6.45. The van der Waals surface area contributed by atoms with Crippen molar-refractivity contribution in [1.29, 1.82) is 0 Å². The van der Waals surface area contributed by atoms with Crippen molar-refractivity contribution in [1.82, 2.24) is 0 Å². The third-order valence-electron chi connectivity index (χ3n) is 2.88. The Hall–Kier alpha value is -1.37. The van der Waals surface area contributed by atoms with E-state index in [-0.39, 0.29) is 26.4 Å². The van der Waals surface area contributed by atoms with Gasteiger partial charge in [0.1, 0.15) is 31.0 Å². The van der Waals surface area contributed by atoms with Gasteiger partial charge in [0.25, 0.3) is 0 Å². The average molecular weight is 301 g/mol. The number of ether oxygens (including phenoxy) is 3. The van der Waals surface area contributed by atoms with E-state index < -0.39 is 30.7 Å². The fourth-order valence-corrected chi connectivity index (χ4v) is 1.81. The van der Waals surface area contributed by atoms with Crippen LogP contribution in [0.5, 0.6) is 0 Å². The molecule has 0 bridgehead atoms. The highest BCUT2D eigenvalue weighted by Crippen LogP contribution is 2.22. The Labute approximate surface area is 122 Å². The summed E-state index contributed by atoms with van der Waals surface area (Å²) >= 11 is 0. The van der Waals surface area contributed by atoms with Crippen LogP contribution in [0.3, 0.4) is 0 Å². The van der Waals surface area contributed by atoms with Crippen LogP contribution in [0.15, 0.2) is 5.11 Å². The maximum absolute atomic E-state index is 9.79. The fraction of sp³-hybridized carbons (Fsp3) is 0.833. The molecule has 1 fully saturated rings. The zero-order valence-electron chi connectivity index (χ0n) is 11.4. The maximum Gasteiger partial charge on any atom is 0.186 e. The average Bonchev–Trinajstić information content (AvgIpc) is 2.48. The molecule has 9 heteroatoms. The number of hydrogen-bond donors (Lipinski definition) is 3. The minimum absolute atomic E-state index is 0.0340. The van der Waals surface area contributed by atoms with Crippen LogP contribution in [0.25, 0.3) is 10.4 Å². The quantitative estimate of drug-likeness (QED) is 0.176. The van der Waals surface area contributed by atoms with Gasteiger partial charge in [0.05, 0.1) is 6.61 Å². The van der Waals surface area contributed by atoms with E-state index in [1.54, 1.807) is 0 Å². The zero-order chi connectivity index (χ0) is 15.7. The van der Waals surface area contributed by atoms with E-state index in [4.69, 9.17) is 26.2 Å². The number of azide groups is 1. The minimum Gasteiger partial charge on any atom is -0.387 e. The number of rotatable bonds is 8. The normalized spacial score (nSPS) is 32.2. The largest absolute Gasteiger partial charge is 0.387 e. The summed E-state index contributed by atoms with van der Waals surface area (Å²) in [6, 6.07) is 0. The molecule has 3 N–H and O–H groups in total. The summed E-state index contributed by atoms with van der Waals surface area (Å²) in [4.78, 5) is 2.59. The molecule has 0 amide bonds. The summed E-state index contributed by atoms with van der Waals surface area (Å²) in [5.74, 6) is 2.26. The fourth-order valence-electron chi connectivity index (χ4n) is 1.81. The van der Waals surface area contributed by atoms with E-state index >= 15 is 0 Å². The Balaban J connectivity index is 2.46. The highest BCUT2D eigenvalue weighted by molar-refractivity contribution is 4.90. The third kappa shape index (κ3) is 5.49. The monoisotopic (exact) mass is 301 g/mol. The summed E-state index contributed by atoms with van der Waals surface area (Å²) in [5.41, 5.74) is 8.12. The Morgan fingerprint density at radius 1 is 1.29 bits per heavy atom. The van der Waals surface area contributed by atoms with Crippen LogP contribution in [0.4, 0.5) is 0 Å². The predicted octanol–water partition coefficient (Wildman–Crippen LogP) is -0.839. The van der Waals surface area contributed by atoms with Gasteiger partial charge < -0.3 is 29.5 Å². The molecule has 118 valence electrons. The van der Waals surface area contributed by atoms with E-state index in [0.717, 1.165) is 0 Å². The molecule has 1 heterocycles. The summed E-state index contributed by atoms with van der Waals surface area (Å²) in [6.45, 7) is 0.428. The second kappa shape index (κ2) is 9.55. The van der Waals surface area contributed by atoms with Gasteiger partial charge in [0.15, 0.2) is 6.29 Å². The Kier molecular flexibility index (Phi) is 8.04. The van der Waals surface area contributed by atoms with E-state index in [1.807, 2.05) is 0 Å². The first-order valence-electron chi connectivity index (χ1n) is 6.45. The van der Waals surface area contributed by atoms with Gasteiger partial charge in [-0.05, 0) is 12.0 Å². The predicted molar refractivity (Wildman–Crippen MR) is 70.9 cm³/mol. The molecule has 21 heavy (non-hydrogen) atoms. The molecule has 0 aromatic carbocycles. The Morgan fingerprint density at radius 3 is 2.71 bits per heavy atom. The van der Waals surface area contributed by atoms with Crippen molar-refractivity contribution in [2.75, 3.05) is 26.4 Å². The molecule has 0 aromatic rings. The van der Waals surface area contributed by atoms with Crippen LogP contribution in [0.2, 0.25) is 0 Å². The van der Waals surface area contributed by atoms with Gasteiger partial charge in [0.2, 0.25) is 0 Å². The third-order valence-corrected chi connectivity index (χ3v) is 2.88. The number of nitrogens with zero attached hydrogens (tertiary/aromatic N) is 3. The van der Waals surface area contributed by atoms with E-state index in [2.05, 4.69) is 15.9 Å². The van der Waals surface area contributed by atoms with Gasteiger partial charge in [-0.2, -0.15) is 0 Å². The molecule has 0 aliphatic carbocycles. The van der Waals surface area contributed by atoms with Crippen LogP contribution in [0, 0.1) is 12.3 Å². The lowest BCUT2D eigenvalue weighted by Crippen LogP contribution is -2.59. The highest BCUT2D eigenvalue weighted by Gasteiger charge is 2.44. The second-order valence-electron chi connectivity index (χ2n) is 4.41. The summed E-state index contributed by atoms with van der Waals surface area (Å²) in [5, 5.41) is 32.7. The molecule has 0 spiro atoms. The molecule has 1 aliphatic heterocycles. The number of hydrogen-bond acceptors (Lipinski definition) is 7. The van der Waals surface area contributed by atoms with E-state index in [1.165, 1.54) is 0 Å². The molecule has 0 radical (unpaired) electrons. The van der Waals surface area contributed by atoms with Gasteiger partial charge in [-0.15, -0.1) is 6.42 Å². The van der Waals surface area contributed by atoms with Crippen molar-refractivity contribution in [3.05, 3.63) is 10.4 Å². The molecule has 3 unspecified atom stereocenters. The topological polar surface area (TPSA) is 137 Å². The van der Waals surface area contributed by atoms with Crippen molar-refractivity contribution < 1.29 is 29.5 Å². The van der Waals surface area contributed by atoms with Gasteiger partial charge in [-0.25, -0.2) is 0 Å². The number of terminal acetylenes is 1. The Morgan fingerprint density at radius 2 is 2.05 bits per heavy atom. The van der Waals surface area contributed by atoms with Crippen molar-refractivity contribution in [3.8, 4) is 12.3 Å². The smallest absolute Gasteiger partial charge is 0.186 e. The van der Waals surface area contributed by atoms with Gasteiger partial charge in [-0.3, -0.25) is 0 Å². The highest BCUT2D eigenvalue weighted by atomic mass is 16.7. The van der Waals surface area contributed by atoms with Crippen molar-refractivity contribution in [2.24, 2.45) is 5.11 Å². The van der Waals surface area contributed by atoms with Crippen molar-refractivity contribution in [3.63, 3.8) is 0 Å². The van der Waals surface area contributed by atoms with E-state index in [9.17, 15) is 15.3 Å². The maximum atomic E-state index is 9.79. The Bertz CT molecular complexity index is 395.